The molecule has 0 bridgehead atoms. The van der Waals surface area contributed by atoms with Crippen molar-refractivity contribution in [1.29, 1.82) is 0 Å². The van der Waals surface area contributed by atoms with Gasteiger partial charge >= 0.3 is 0 Å². The van der Waals surface area contributed by atoms with E-state index >= 15 is 0 Å². The van der Waals surface area contributed by atoms with Gasteiger partial charge < -0.3 is 10.2 Å². The summed E-state index contributed by atoms with van der Waals surface area (Å²) in [5.41, 5.74) is 5.67. The van der Waals surface area contributed by atoms with E-state index in [1.54, 1.807) is 17.2 Å². The molecule has 47 heavy (non-hydrogen) atoms. The molecular weight excluding hydrogens is 589 g/mol. The number of nitrogens with zero attached hydrogens (tertiary/aromatic N) is 1. The zero-order valence-corrected chi connectivity index (χ0v) is 33.4. The molecule has 0 aromatic heterocycles. The molecule has 7 aliphatic rings. The van der Waals surface area contributed by atoms with Gasteiger partial charge in [0.25, 0.3) is 0 Å². The Labute approximate surface area is 297 Å². The van der Waals surface area contributed by atoms with Crippen LogP contribution in [0.4, 0.5) is 0 Å². The summed E-state index contributed by atoms with van der Waals surface area (Å²) < 4.78 is 0. The lowest BCUT2D eigenvalue weighted by atomic mass is 9.33. The topological polar surface area (TPSA) is 15.3 Å². The molecule has 7 rings (SSSR count). The van der Waals surface area contributed by atoms with Crippen molar-refractivity contribution in [3.8, 4) is 0 Å². The third-order valence-electron chi connectivity index (χ3n) is 16.0. The maximum Gasteiger partial charge on any atom is 0.0213 e. The van der Waals surface area contributed by atoms with Crippen molar-refractivity contribution >= 4 is 11.8 Å². The Kier molecular flexibility index (Phi) is 12.0. The smallest absolute Gasteiger partial charge is 0.0213 e. The Balaban J connectivity index is 0.000000822. The molecule has 4 saturated carbocycles. The monoisotopic (exact) mass is 665 g/mol. The molecule has 6 aliphatic carbocycles. The van der Waals surface area contributed by atoms with E-state index in [0.29, 0.717) is 27.2 Å². The van der Waals surface area contributed by atoms with Crippen LogP contribution >= 0.6 is 11.8 Å². The Morgan fingerprint density at radius 3 is 2.28 bits per heavy atom. The Morgan fingerprint density at radius 1 is 0.872 bits per heavy atom. The summed E-state index contributed by atoms with van der Waals surface area (Å²) in [6.07, 6.45) is 25.7. The number of thioether (sulfide) groups is 1. The number of rotatable bonds is 5. The molecule has 0 spiro atoms. The molecule has 268 valence electrons. The van der Waals surface area contributed by atoms with Crippen LogP contribution in [0.1, 0.15) is 146 Å². The summed E-state index contributed by atoms with van der Waals surface area (Å²) in [5, 5.41) is 4.32. The van der Waals surface area contributed by atoms with Crippen LogP contribution < -0.4 is 5.32 Å². The van der Waals surface area contributed by atoms with E-state index in [1.807, 2.05) is 20.8 Å². The highest BCUT2D eigenvalue weighted by Crippen LogP contribution is 2.76. The number of hydrogen-bond acceptors (Lipinski definition) is 3. The third-order valence-corrected chi connectivity index (χ3v) is 16.9. The van der Waals surface area contributed by atoms with Gasteiger partial charge in [0.1, 0.15) is 0 Å². The number of hydrogen-bond donors (Lipinski definition) is 1. The van der Waals surface area contributed by atoms with E-state index in [0.717, 1.165) is 29.6 Å². The first-order chi connectivity index (χ1) is 22.4. The number of allylic oxidation sites excluding steroid dienone is 5. The van der Waals surface area contributed by atoms with E-state index in [-0.39, 0.29) is 0 Å². The second kappa shape index (κ2) is 15.0. The predicted octanol–water partition coefficient (Wildman–Crippen LogP) is 11.7. The maximum absolute atomic E-state index is 4.32. The molecule has 3 heteroatoms. The summed E-state index contributed by atoms with van der Waals surface area (Å²) in [6, 6.07) is 0. The average Bonchev–Trinajstić information content (AvgIpc) is 3.48. The van der Waals surface area contributed by atoms with Gasteiger partial charge in [0.2, 0.25) is 0 Å². The number of nitrogens with one attached hydrogen (secondary N) is 1. The molecule has 0 amide bonds. The number of fused-ring (bicyclic) bond motifs is 7. The molecule has 0 radical (unpaired) electrons. The first-order valence-electron chi connectivity index (χ1n) is 20.5. The summed E-state index contributed by atoms with van der Waals surface area (Å²) in [5.74, 6) is 7.07. The minimum Gasteiger partial charge on any atom is -0.310 e. The molecule has 1 saturated heterocycles. The van der Waals surface area contributed by atoms with E-state index in [2.05, 4.69) is 82.3 Å². The van der Waals surface area contributed by atoms with Gasteiger partial charge in [0, 0.05) is 43.2 Å². The minimum absolute atomic E-state index is 0.308. The highest BCUT2D eigenvalue weighted by atomic mass is 32.2. The summed E-state index contributed by atoms with van der Waals surface area (Å²) in [6.45, 7) is 30.5. The molecule has 2 nitrogen and oxygen atoms in total. The van der Waals surface area contributed by atoms with E-state index in [9.17, 15) is 0 Å². The fourth-order valence-corrected chi connectivity index (χ4v) is 14.5. The van der Waals surface area contributed by atoms with Crippen LogP contribution in [-0.4, -0.2) is 48.1 Å². The van der Waals surface area contributed by atoms with Gasteiger partial charge in [-0.2, -0.15) is 11.8 Å². The zero-order valence-electron chi connectivity index (χ0n) is 32.6. The predicted molar refractivity (Wildman–Crippen MR) is 209 cm³/mol. The van der Waals surface area contributed by atoms with Gasteiger partial charge in [0.05, 0.1) is 0 Å². The van der Waals surface area contributed by atoms with E-state index in [4.69, 9.17) is 0 Å². The lowest BCUT2D eigenvalue weighted by Crippen LogP contribution is -2.67. The Bertz CT molecular complexity index is 1130. The zero-order chi connectivity index (χ0) is 34.1. The summed E-state index contributed by atoms with van der Waals surface area (Å²) in [4.78, 5) is 2.72. The van der Waals surface area contributed by atoms with Crippen molar-refractivity contribution in [3.63, 3.8) is 0 Å². The molecule has 7 unspecified atom stereocenters. The highest BCUT2D eigenvalue weighted by molar-refractivity contribution is 7.99. The summed E-state index contributed by atoms with van der Waals surface area (Å²) >= 11 is 2.14. The largest absolute Gasteiger partial charge is 0.310 e. The lowest BCUT2D eigenvalue weighted by molar-refractivity contribution is -0.218. The molecule has 9 atom stereocenters. The van der Waals surface area contributed by atoms with Crippen LogP contribution in [0.25, 0.3) is 0 Å². The van der Waals surface area contributed by atoms with Gasteiger partial charge in [0.15, 0.2) is 0 Å². The van der Waals surface area contributed by atoms with Crippen molar-refractivity contribution in [2.45, 2.75) is 151 Å². The summed E-state index contributed by atoms with van der Waals surface area (Å²) in [7, 11) is 0. The quantitative estimate of drug-likeness (QED) is 0.294. The van der Waals surface area contributed by atoms with Crippen LogP contribution in [0, 0.1) is 51.2 Å². The van der Waals surface area contributed by atoms with Crippen LogP contribution in [-0.2, 0) is 0 Å². The Hall–Kier alpha value is -0.510. The van der Waals surface area contributed by atoms with Gasteiger partial charge in [-0.15, -0.1) is 6.58 Å². The SMILES string of the molecule is C=CC.CC.CC1CC=C(C2=CCC3(C)C(CCC4(C)C3CCC3[C@H]5CCCC5(NCCN5CCSCC5)CC[C@]34C)C2(C)C)CC1. The highest BCUT2D eigenvalue weighted by Gasteiger charge is 2.69. The third kappa shape index (κ3) is 6.56. The minimum atomic E-state index is 0.308. The molecule has 0 aromatic rings. The van der Waals surface area contributed by atoms with Gasteiger partial charge in [-0.05, 0) is 146 Å². The molecule has 0 aromatic carbocycles. The van der Waals surface area contributed by atoms with Gasteiger partial charge in [-0.3, -0.25) is 0 Å². The fraction of sp³-hybridized carbons (Fsp3) is 0.864. The maximum atomic E-state index is 4.32. The molecule has 1 N–H and O–H groups in total. The van der Waals surface area contributed by atoms with Crippen molar-refractivity contribution < 1.29 is 0 Å². The second-order valence-electron chi connectivity index (χ2n) is 18.3. The molecule has 5 fully saturated rings. The standard InChI is InChI=1S/C39H64N2S.C3H6.C2H6/c1-28-9-11-29(12-10-28)30-15-18-36(4)33(35(30,2)3)16-19-38(6)34(36)14-13-31-32-8-7-17-39(32,21-20-37(31,38)5)40-22-23-41-24-26-42-27-25-41;1-3-2;1-2/h11,15,28,31-34,40H,7-10,12-14,16-27H2,1-6H3;3H,1H2,2H3;1-2H3/t28?,31?,32-,33?,34?,36?,37-,38?,39?;;/m1../s1. The normalized spacial score (nSPS) is 44.0. The van der Waals surface area contributed by atoms with Gasteiger partial charge in [-0.1, -0.05) is 80.0 Å². The molecular formula is C44H76N2S. The van der Waals surface area contributed by atoms with E-state index in [1.165, 1.54) is 121 Å². The average molecular weight is 665 g/mol. The van der Waals surface area contributed by atoms with Crippen molar-refractivity contribution in [2.75, 3.05) is 37.7 Å². The van der Waals surface area contributed by atoms with E-state index < -0.39 is 0 Å². The first kappa shape index (κ1) is 37.7. The fourth-order valence-electron chi connectivity index (χ4n) is 13.5. The van der Waals surface area contributed by atoms with Crippen molar-refractivity contribution in [2.24, 2.45) is 51.2 Å². The Morgan fingerprint density at radius 2 is 1.60 bits per heavy atom. The van der Waals surface area contributed by atoms with Crippen molar-refractivity contribution in [1.82, 2.24) is 10.2 Å². The lowest BCUT2D eigenvalue weighted by Gasteiger charge is -2.72. The van der Waals surface area contributed by atoms with Crippen molar-refractivity contribution in [3.05, 3.63) is 36.0 Å². The molecule has 1 aliphatic heterocycles. The van der Waals surface area contributed by atoms with Crippen LogP contribution in [0.5, 0.6) is 0 Å². The van der Waals surface area contributed by atoms with Crippen LogP contribution in [0.15, 0.2) is 36.0 Å². The van der Waals surface area contributed by atoms with Crippen LogP contribution in [0.2, 0.25) is 0 Å². The van der Waals surface area contributed by atoms with Gasteiger partial charge in [-0.25, -0.2) is 0 Å². The first-order valence-corrected chi connectivity index (χ1v) is 21.6. The van der Waals surface area contributed by atoms with Crippen LogP contribution in [0.3, 0.4) is 0 Å². The second-order valence-corrected chi connectivity index (χ2v) is 19.5. The molecule has 1 heterocycles.